The first-order valence-electron chi connectivity index (χ1n) is 6.11. The number of benzene rings is 1. The molecule has 0 fully saturated rings. The molecule has 0 atom stereocenters. The summed E-state index contributed by atoms with van der Waals surface area (Å²) in [5.41, 5.74) is 2.52. The predicted molar refractivity (Wildman–Crippen MR) is 77.2 cm³/mol. The molecule has 0 aliphatic heterocycles. The van der Waals surface area contributed by atoms with Crippen molar-refractivity contribution in [1.29, 1.82) is 0 Å². The third-order valence-corrected chi connectivity index (χ3v) is 3.99. The van der Waals surface area contributed by atoms with Gasteiger partial charge in [-0.2, -0.15) is 0 Å². The minimum Gasteiger partial charge on any atom is -0.390 e. The number of carbonyl (C=O) groups is 1. The number of hydrogen-bond acceptors (Lipinski definition) is 4. The maximum atomic E-state index is 10.9. The smallest absolute Gasteiger partial charge is 0.221 e. The number of hydrogen-bond donors (Lipinski definition) is 2. The minimum atomic E-state index is -0.0853. The molecular formula is C14H16N2O2S. The molecule has 2 rings (SSSR count). The van der Waals surface area contributed by atoms with E-state index in [0.717, 1.165) is 33.3 Å². The number of nitrogens with zero attached hydrogens (tertiary/aromatic N) is 1. The van der Waals surface area contributed by atoms with Crippen LogP contribution < -0.4 is 5.32 Å². The zero-order valence-electron chi connectivity index (χ0n) is 10.9. The average Bonchev–Trinajstić information content (AvgIpc) is 2.82. The zero-order chi connectivity index (χ0) is 13.8. The van der Waals surface area contributed by atoms with E-state index in [-0.39, 0.29) is 12.5 Å². The number of amides is 1. The van der Waals surface area contributed by atoms with Gasteiger partial charge in [0.25, 0.3) is 0 Å². The Labute approximate surface area is 116 Å². The van der Waals surface area contributed by atoms with Crippen molar-refractivity contribution in [2.75, 3.05) is 5.32 Å². The molecule has 1 amide bonds. The number of carbonyl (C=O) groups excluding carboxylic acids is 1. The van der Waals surface area contributed by atoms with Gasteiger partial charge in [-0.15, -0.1) is 11.3 Å². The van der Waals surface area contributed by atoms with Crippen LogP contribution in [0.15, 0.2) is 24.3 Å². The number of nitrogens with one attached hydrogen (secondary N) is 1. The van der Waals surface area contributed by atoms with Gasteiger partial charge in [0.1, 0.15) is 5.01 Å². The summed E-state index contributed by atoms with van der Waals surface area (Å²) in [5, 5.41) is 12.9. The standard InChI is InChI=1S/C14H16N2O2S/c1-3-13-12(8-17)16-14(19-13)10-4-6-11(7-5-10)15-9(2)18/h4-7,17H,3,8H2,1-2H3,(H,15,18). The Balaban J connectivity index is 2.26. The van der Waals surface area contributed by atoms with Crippen LogP contribution in [0.1, 0.15) is 24.4 Å². The monoisotopic (exact) mass is 276 g/mol. The molecule has 0 aliphatic rings. The Kier molecular flexibility index (Phi) is 4.29. The summed E-state index contributed by atoms with van der Waals surface area (Å²) in [6.07, 6.45) is 0.873. The summed E-state index contributed by atoms with van der Waals surface area (Å²) in [4.78, 5) is 16.5. The lowest BCUT2D eigenvalue weighted by Crippen LogP contribution is -2.05. The summed E-state index contributed by atoms with van der Waals surface area (Å²) >= 11 is 1.60. The second kappa shape index (κ2) is 5.95. The van der Waals surface area contributed by atoms with Gasteiger partial charge in [-0.25, -0.2) is 4.98 Å². The van der Waals surface area contributed by atoms with E-state index in [4.69, 9.17) is 0 Å². The first-order chi connectivity index (χ1) is 9.13. The maximum Gasteiger partial charge on any atom is 0.221 e. The number of aliphatic hydroxyl groups excluding tert-OH is 1. The number of thiazole rings is 1. The van der Waals surface area contributed by atoms with Gasteiger partial charge in [-0.3, -0.25) is 4.79 Å². The third kappa shape index (κ3) is 3.19. The third-order valence-electron chi connectivity index (χ3n) is 2.70. The van der Waals surface area contributed by atoms with Crippen LogP contribution in [-0.4, -0.2) is 16.0 Å². The van der Waals surface area contributed by atoms with E-state index in [1.807, 2.05) is 24.3 Å². The Hall–Kier alpha value is -1.72. The van der Waals surface area contributed by atoms with E-state index in [0.29, 0.717) is 0 Å². The number of anilines is 1. The Morgan fingerprint density at radius 2 is 2.05 bits per heavy atom. The summed E-state index contributed by atoms with van der Waals surface area (Å²) < 4.78 is 0. The molecule has 0 radical (unpaired) electrons. The number of aryl methyl sites for hydroxylation is 1. The molecule has 5 heteroatoms. The molecule has 0 spiro atoms. The lowest BCUT2D eigenvalue weighted by atomic mass is 10.2. The van der Waals surface area contributed by atoms with Gasteiger partial charge >= 0.3 is 0 Å². The summed E-state index contributed by atoms with van der Waals surface area (Å²) in [5.74, 6) is -0.0853. The van der Waals surface area contributed by atoms with Crippen LogP contribution >= 0.6 is 11.3 Å². The van der Waals surface area contributed by atoms with Crippen LogP contribution in [0.25, 0.3) is 10.6 Å². The highest BCUT2D eigenvalue weighted by atomic mass is 32.1. The van der Waals surface area contributed by atoms with E-state index in [1.54, 1.807) is 11.3 Å². The summed E-state index contributed by atoms with van der Waals surface area (Å²) in [6.45, 7) is 3.51. The van der Waals surface area contributed by atoms with Crippen LogP contribution in [0, 0.1) is 0 Å². The maximum absolute atomic E-state index is 10.9. The summed E-state index contributed by atoms with van der Waals surface area (Å²) in [6, 6.07) is 7.54. The van der Waals surface area contributed by atoms with Gasteiger partial charge in [-0.1, -0.05) is 6.92 Å². The molecule has 0 bridgehead atoms. The number of rotatable bonds is 4. The molecule has 1 heterocycles. The fraction of sp³-hybridized carbons (Fsp3) is 0.286. The first kappa shape index (κ1) is 13.7. The molecule has 2 aromatic rings. The molecule has 1 aromatic heterocycles. The largest absolute Gasteiger partial charge is 0.390 e. The van der Waals surface area contributed by atoms with Gasteiger partial charge in [0, 0.05) is 23.1 Å². The molecule has 0 aliphatic carbocycles. The highest BCUT2D eigenvalue weighted by molar-refractivity contribution is 7.15. The van der Waals surface area contributed by atoms with Gasteiger partial charge in [-0.05, 0) is 30.7 Å². The van der Waals surface area contributed by atoms with Crippen molar-refractivity contribution in [3.63, 3.8) is 0 Å². The first-order valence-corrected chi connectivity index (χ1v) is 6.93. The molecule has 1 aromatic carbocycles. The van der Waals surface area contributed by atoms with Crippen LogP contribution in [0.3, 0.4) is 0 Å². The Morgan fingerprint density at radius 1 is 1.37 bits per heavy atom. The van der Waals surface area contributed by atoms with Crippen molar-refractivity contribution < 1.29 is 9.90 Å². The Morgan fingerprint density at radius 3 is 2.53 bits per heavy atom. The molecular weight excluding hydrogens is 260 g/mol. The molecule has 4 nitrogen and oxygen atoms in total. The van der Waals surface area contributed by atoms with Crippen molar-refractivity contribution in [2.24, 2.45) is 0 Å². The molecule has 0 unspecified atom stereocenters. The highest BCUT2D eigenvalue weighted by Gasteiger charge is 2.10. The quantitative estimate of drug-likeness (QED) is 0.902. The van der Waals surface area contributed by atoms with Crippen molar-refractivity contribution >= 4 is 22.9 Å². The van der Waals surface area contributed by atoms with E-state index >= 15 is 0 Å². The van der Waals surface area contributed by atoms with E-state index in [2.05, 4.69) is 17.2 Å². The van der Waals surface area contributed by atoms with E-state index in [9.17, 15) is 9.90 Å². The van der Waals surface area contributed by atoms with E-state index in [1.165, 1.54) is 6.92 Å². The SMILES string of the molecule is CCc1sc(-c2ccc(NC(C)=O)cc2)nc1CO. The van der Waals surface area contributed by atoms with Crippen molar-refractivity contribution in [3.05, 3.63) is 34.8 Å². The van der Waals surface area contributed by atoms with E-state index < -0.39 is 0 Å². The fourth-order valence-electron chi connectivity index (χ4n) is 1.81. The highest BCUT2D eigenvalue weighted by Crippen LogP contribution is 2.29. The van der Waals surface area contributed by atoms with Gasteiger partial charge in [0.15, 0.2) is 0 Å². The number of aliphatic hydroxyl groups is 1. The topological polar surface area (TPSA) is 62.2 Å². The average molecular weight is 276 g/mol. The van der Waals surface area contributed by atoms with Crippen molar-refractivity contribution in [3.8, 4) is 10.6 Å². The predicted octanol–water partition coefficient (Wildman–Crippen LogP) is 2.82. The van der Waals surface area contributed by atoms with Crippen molar-refractivity contribution in [2.45, 2.75) is 26.9 Å². The number of aromatic nitrogens is 1. The molecule has 19 heavy (non-hydrogen) atoms. The van der Waals surface area contributed by atoms with Gasteiger partial charge in [0.2, 0.25) is 5.91 Å². The van der Waals surface area contributed by atoms with Crippen LogP contribution in [-0.2, 0) is 17.8 Å². The molecule has 0 saturated heterocycles. The molecule has 2 N–H and O–H groups in total. The molecule has 0 saturated carbocycles. The summed E-state index contributed by atoms with van der Waals surface area (Å²) in [7, 11) is 0. The van der Waals surface area contributed by atoms with Crippen LogP contribution in [0.2, 0.25) is 0 Å². The van der Waals surface area contributed by atoms with Crippen LogP contribution in [0.4, 0.5) is 5.69 Å². The second-order valence-electron chi connectivity index (χ2n) is 4.16. The lowest BCUT2D eigenvalue weighted by molar-refractivity contribution is -0.114. The lowest BCUT2D eigenvalue weighted by Gasteiger charge is -2.02. The second-order valence-corrected chi connectivity index (χ2v) is 5.24. The normalized spacial score (nSPS) is 10.5. The Bertz CT molecular complexity index is 554. The fourth-order valence-corrected chi connectivity index (χ4v) is 2.82. The molecule has 100 valence electrons. The van der Waals surface area contributed by atoms with Gasteiger partial charge in [0.05, 0.1) is 12.3 Å². The van der Waals surface area contributed by atoms with Crippen molar-refractivity contribution in [1.82, 2.24) is 4.98 Å². The minimum absolute atomic E-state index is 0.0242. The van der Waals surface area contributed by atoms with Gasteiger partial charge < -0.3 is 10.4 Å². The zero-order valence-corrected chi connectivity index (χ0v) is 11.8. The van der Waals surface area contributed by atoms with Crippen LogP contribution in [0.5, 0.6) is 0 Å².